The number of hydrogen-bond acceptors (Lipinski definition) is 2. The zero-order valence-corrected chi connectivity index (χ0v) is 13.8. The molecule has 1 N–H and O–H groups in total. The monoisotopic (exact) mass is 336 g/mol. The molecular formula is C17H21BrO2. The van der Waals surface area contributed by atoms with Crippen molar-refractivity contribution in [2.75, 3.05) is 7.11 Å². The first-order chi connectivity index (χ1) is 9.35. The minimum atomic E-state index is 0.151. The Morgan fingerprint density at radius 1 is 1.45 bits per heavy atom. The second-order valence-electron chi connectivity index (χ2n) is 6.04. The van der Waals surface area contributed by atoms with Crippen LogP contribution in [0, 0.1) is 11.3 Å². The normalized spacial score (nSPS) is 21.0. The third-order valence-corrected chi connectivity index (χ3v) is 4.76. The number of hydrogen-bond donors (Lipinski definition) is 1. The van der Waals surface area contributed by atoms with Gasteiger partial charge in [-0.2, -0.15) is 0 Å². The predicted octanol–water partition coefficient (Wildman–Crippen LogP) is 4.86. The van der Waals surface area contributed by atoms with Gasteiger partial charge in [-0.25, -0.2) is 0 Å². The fourth-order valence-corrected chi connectivity index (χ4v) is 3.30. The van der Waals surface area contributed by atoms with Gasteiger partial charge in [-0.3, -0.25) is 0 Å². The van der Waals surface area contributed by atoms with Crippen LogP contribution in [-0.4, -0.2) is 12.2 Å². The van der Waals surface area contributed by atoms with Crippen molar-refractivity contribution < 1.29 is 9.84 Å². The zero-order valence-electron chi connectivity index (χ0n) is 12.2. The largest absolute Gasteiger partial charge is 0.508 e. The molecule has 1 unspecified atom stereocenters. The van der Waals surface area contributed by atoms with Gasteiger partial charge in [0.15, 0.2) is 0 Å². The Morgan fingerprint density at radius 3 is 2.75 bits per heavy atom. The van der Waals surface area contributed by atoms with Crippen molar-refractivity contribution in [1.29, 1.82) is 0 Å². The number of aromatic hydroxyl groups is 1. The van der Waals surface area contributed by atoms with Crippen LogP contribution in [0.1, 0.15) is 25.8 Å². The van der Waals surface area contributed by atoms with Crippen molar-refractivity contribution in [3.8, 4) is 11.5 Å². The molecule has 1 aliphatic rings. The molecule has 1 aromatic rings. The molecule has 0 saturated heterocycles. The highest BCUT2D eigenvalue weighted by molar-refractivity contribution is 9.10. The van der Waals surface area contributed by atoms with Crippen molar-refractivity contribution >= 4 is 15.9 Å². The van der Waals surface area contributed by atoms with Gasteiger partial charge in [-0.15, -0.1) is 0 Å². The van der Waals surface area contributed by atoms with Gasteiger partial charge in [0.25, 0.3) is 0 Å². The van der Waals surface area contributed by atoms with E-state index in [1.807, 2.05) is 6.07 Å². The molecule has 0 aliphatic heterocycles. The van der Waals surface area contributed by atoms with Crippen LogP contribution >= 0.6 is 15.9 Å². The van der Waals surface area contributed by atoms with Gasteiger partial charge in [-0.05, 0) is 57.8 Å². The van der Waals surface area contributed by atoms with Crippen LogP contribution in [0.5, 0.6) is 11.5 Å². The van der Waals surface area contributed by atoms with Crippen LogP contribution < -0.4 is 4.74 Å². The van der Waals surface area contributed by atoms with Crippen molar-refractivity contribution in [2.45, 2.75) is 26.7 Å². The molecule has 0 fully saturated rings. The smallest absolute Gasteiger partial charge is 0.133 e. The van der Waals surface area contributed by atoms with Gasteiger partial charge in [0.2, 0.25) is 0 Å². The highest BCUT2D eigenvalue weighted by Gasteiger charge is 2.33. The summed E-state index contributed by atoms with van der Waals surface area (Å²) in [5.74, 6) is 1.37. The quantitative estimate of drug-likeness (QED) is 0.853. The number of phenolic OH excluding ortho intramolecular Hbond substituents is 1. The van der Waals surface area contributed by atoms with Gasteiger partial charge < -0.3 is 9.84 Å². The maximum Gasteiger partial charge on any atom is 0.133 e. The number of rotatable bonds is 3. The van der Waals surface area contributed by atoms with E-state index in [9.17, 15) is 5.11 Å². The molecule has 0 radical (unpaired) electrons. The maximum absolute atomic E-state index is 10.2. The van der Waals surface area contributed by atoms with Crippen LogP contribution in [0.15, 0.2) is 40.9 Å². The molecule has 1 aliphatic carbocycles. The molecule has 2 rings (SSSR count). The number of methoxy groups -OCH3 is 1. The minimum absolute atomic E-state index is 0.151. The second kappa shape index (κ2) is 5.65. The van der Waals surface area contributed by atoms with Gasteiger partial charge in [0.1, 0.15) is 11.5 Å². The molecule has 0 aromatic heterocycles. The van der Waals surface area contributed by atoms with E-state index >= 15 is 0 Å². The molecule has 0 saturated carbocycles. The van der Waals surface area contributed by atoms with Crippen molar-refractivity contribution in [3.63, 3.8) is 0 Å². The van der Waals surface area contributed by atoms with E-state index in [0.29, 0.717) is 11.7 Å². The lowest BCUT2D eigenvalue weighted by Gasteiger charge is -2.37. The zero-order chi connectivity index (χ0) is 14.9. The number of phenols is 1. The van der Waals surface area contributed by atoms with E-state index in [1.165, 1.54) is 0 Å². The molecular weight excluding hydrogens is 316 g/mol. The first-order valence-corrected chi connectivity index (χ1v) is 7.55. The summed E-state index contributed by atoms with van der Waals surface area (Å²) in [5, 5.41) is 10.2. The highest BCUT2D eigenvalue weighted by atomic mass is 79.9. The Hall–Kier alpha value is -1.22. The number of allylic oxidation sites excluding steroid dienone is 3. The molecule has 3 heteroatoms. The maximum atomic E-state index is 10.2. The molecule has 0 bridgehead atoms. The summed E-state index contributed by atoms with van der Waals surface area (Å²) in [6, 6.07) is 3.60. The van der Waals surface area contributed by atoms with Crippen LogP contribution in [-0.2, 0) is 6.42 Å². The summed E-state index contributed by atoms with van der Waals surface area (Å²) in [7, 11) is 1.63. The number of ether oxygens (including phenoxy) is 1. The Morgan fingerprint density at radius 2 is 2.15 bits per heavy atom. The SMILES string of the molecule is C=C1C=CCC(C)(C)C1Cc1cc(OC)c(Br)cc1O. The lowest BCUT2D eigenvalue weighted by Crippen LogP contribution is -2.28. The summed E-state index contributed by atoms with van der Waals surface area (Å²) in [6.07, 6.45) is 6.08. The molecule has 2 nitrogen and oxygen atoms in total. The van der Waals surface area contributed by atoms with Crippen molar-refractivity contribution in [1.82, 2.24) is 0 Å². The van der Waals surface area contributed by atoms with Gasteiger partial charge in [0, 0.05) is 0 Å². The van der Waals surface area contributed by atoms with Crippen LogP contribution in [0.4, 0.5) is 0 Å². The van der Waals surface area contributed by atoms with Crippen molar-refractivity contribution in [3.05, 3.63) is 46.5 Å². The fraction of sp³-hybridized carbons (Fsp3) is 0.412. The Bertz CT molecular complexity index is 558. The van der Waals surface area contributed by atoms with E-state index in [0.717, 1.165) is 34.2 Å². The Labute approximate surface area is 129 Å². The molecule has 0 amide bonds. The average molecular weight is 337 g/mol. The molecule has 20 heavy (non-hydrogen) atoms. The number of benzene rings is 1. The summed E-state index contributed by atoms with van der Waals surface area (Å²) in [5.41, 5.74) is 2.18. The van der Waals surface area contributed by atoms with E-state index in [1.54, 1.807) is 13.2 Å². The van der Waals surface area contributed by atoms with Gasteiger partial charge in [-0.1, -0.05) is 38.2 Å². The Kier molecular flexibility index (Phi) is 4.28. The van der Waals surface area contributed by atoms with E-state index in [-0.39, 0.29) is 5.41 Å². The standard InChI is InChI=1S/C17H21BrO2/c1-11-6-5-7-17(2,3)13(11)8-12-9-16(20-4)14(18)10-15(12)19/h5-6,9-10,13,19H,1,7-8H2,2-4H3. The summed E-state index contributed by atoms with van der Waals surface area (Å²) in [4.78, 5) is 0. The molecule has 108 valence electrons. The van der Waals surface area contributed by atoms with E-state index in [2.05, 4.69) is 48.5 Å². The van der Waals surface area contributed by atoms with Crippen molar-refractivity contribution in [2.24, 2.45) is 11.3 Å². The van der Waals surface area contributed by atoms with Crippen LogP contribution in [0.2, 0.25) is 0 Å². The Balaban J connectivity index is 2.34. The topological polar surface area (TPSA) is 29.5 Å². The molecule has 0 spiro atoms. The second-order valence-corrected chi connectivity index (χ2v) is 6.90. The van der Waals surface area contributed by atoms with E-state index in [4.69, 9.17) is 4.74 Å². The lowest BCUT2D eigenvalue weighted by molar-refractivity contribution is 0.243. The van der Waals surface area contributed by atoms with Gasteiger partial charge in [0.05, 0.1) is 11.6 Å². The van der Waals surface area contributed by atoms with Gasteiger partial charge >= 0.3 is 0 Å². The van der Waals surface area contributed by atoms with Crippen LogP contribution in [0.25, 0.3) is 0 Å². The summed E-state index contributed by atoms with van der Waals surface area (Å²) >= 11 is 3.39. The third-order valence-electron chi connectivity index (χ3n) is 4.14. The molecule has 1 atom stereocenters. The molecule has 1 aromatic carbocycles. The number of halogens is 1. The lowest BCUT2D eigenvalue weighted by atomic mass is 9.67. The van der Waals surface area contributed by atoms with E-state index < -0.39 is 0 Å². The predicted molar refractivity (Wildman–Crippen MR) is 86.2 cm³/mol. The first-order valence-electron chi connectivity index (χ1n) is 6.76. The summed E-state index contributed by atoms with van der Waals surface area (Å²) < 4.78 is 6.08. The highest BCUT2D eigenvalue weighted by Crippen LogP contribution is 2.43. The third kappa shape index (κ3) is 2.93. The summed E-state index contributed by atoms with van der Waals surface area (Å²) in [6.45, 7) is 8.67. The first kappa shape index (κ1) is 15.2. The fourth-order valence-electron chi connectivity index (χ4n) is 2.81. The average Bonchev–Trinajstić information content (AvgIpc) is 2.35. The minimum Gasteiger partial charge on any atom is -0.508 e. The van der Waals surface area contributed by atoms with Crippen LogP contribution in [0.3, 0.4) is 0 Å². The molecule has 0 heterocycles.